The highest BCUT2D eigenvalue weighted by molar-refractivity contribution is 5.00. The molecule has 2 heterocycles. The van der Waals surface area contributed by atoms with E-state index in [1.807, 2.05) is 16.9 Å². The predicted molar refractivity (Wildman–Crippen MR) is 63.2 cm³/mol. The molecule has 0 radical (unpaired) electrons. The lowest BCUT2D eigenvalue weighted by Crippen LogP contribution is -2.09. The summed E-state index contributed by atoms with van der Waals surface area (Å²) in [6.45, 7) is 5.15. The van der Waals surface area contributed by atoms with Crippen molar-refractivity contribution in [3.8, 4) is 0 Å². The van der Waals surface area contributed by atoms with E-state index in [1.165, 1.54) is 0 Å². The van der Waals surface area contributed by atoms with Crippen LogP contribution in [0, 0.1) is 0 Å². The lowest BCUT2D eigenvalue weighted by Gasteiger charge is -2.12. The fourth-order valence-corrected chi connectivity index (χ4v) is 1.89. The van der Waals surface area contributed by atoms with Crippen LogP contribution in [0.15, 0.2) is 30.7 Å². The molecular formula is C12H18N4. The summed E-state index contributed by atoms with van der Waals surface area (Å²) in [5, 5.41) is 8.76. The molecule has 86 valence electrons. The van der Waals surface area contributed by atoms with Crippen LogP contribution in [-0.4, -0.2) is 19.6 Å². The maximum Gasteiger partial charge on any atom is 0.0849 e. The molecule has 0 unspecified atom stereocenters. The molecule has 2 aromatic heterocycles. The van der Waals surface area contributed by atoms with Gasteiger partial charge in [0.2, 0.25) is 0 Å². The van der Waals surface area contributed by atoms with Crippen molar-refractivity contribution in [1.82, 2.24) is 19.6 Å². The Labute approximate surface area is 95.9 Å². The third kappa shape index (κ3) is 2.32. The van der Waals surface area contributed by atoms with Crippen molar-refractivity contribution in [2.45, 2.75) is 39.3 Å². The van der Waals surface area contributed by atoms with Gasteiger partial charge < -0.3 is 0 Å². The standard InChI is InChI=1S/C12H18N4/c1-3-12(4-2)16-9-6-11(14-16)10-15-8-5-7-13-15/h5-9,12H,3-4,10H2,1-2H3. The molecule has 0 N–H and O–H groups in total. The van der Waals surface area contributed by atoms with Gasteiger partial charge in [-0.25, -0.2) is 0 Å². The van der Waals surface area contributed by atoms with Crippen molar-refractivity contribution in [2.24, 2.45) is 0 Å². The molecule has 2 rings (SSSR count). The van der Waals surface area contributed by atoms with Crippen molar-refractivity contribution in [2.75, 3.05) is 0 Å². The third-order valence-corrected chi connectivity index (χ3v) is 2.86. The average Bonchev–Trinajstić information content (AvgIpc) is 2.93. The van der Waals surface area contributed by atoms with E-state index < -0.39 is 0 Å². The van der Waals surface area contributed by atoms with Gasteiger partial charge in [0.1, 0.15) is 0 Å². The monoisotopic (exact) mass is 218 g/mol. The summed E-state index contributed by atoms with van der Waals surface area (Å²) in [6, 6.07) is 4.52. The molecular weight excluding hydrogens is 200 g/mol. The van der Waals surface area contributed by atoms with E-state index in [2.05, 4.69) is 41.0 Å². The summed E-state index contributed by atoms with van der Waals surface area (Å²) in [5.41, 5.74) is 1.07. The summed E-state index contributed by atoms with van der Waals surface area (Å²) < 4.78 is 3.96. The van der Waals surface area contributed by atoms with Crippen LogP contribution >= 0.6 is 0 Å². The van der Waals surface area contributed by atoms with Crippen molar-refractivity contribution >= 4 is 0 Å². The molecule has 4 nitrogen and oxygen atoms in total. The zero-order valence-electron chi connectivity index (χ0n) is 9.87. The fraction of sp³-hybridized carbons (Fsp3) is 0.500. The molecule has 0 fully saturated rings. The van der Waals surface area contributed by atoms with Gasteiger partial charge in [-0.05, 0) is 25.0 Å². The molecule has 0 aliphatic rings. The van der Waals surface area contributed by atoms with E-state index in [-0.39, 0.29) is 0 Å². The number of hydrogen-bond acceptors (Lipinski definition) is 2. The first-order valence-corrected chi connectivity index (χ1v) is 5.85. The average molecular weight is 218 g/mol. The van der Waals surface area contributed by atoms with Gasteiger partial charge in [0.05, 0.1) is 18.3 Å². The van der Waals surface area contributed by atoms with Gasteiger partial charge in [-0.15, -0.1) is 0 Å². The van der Waals surface area contributed by atoms with Crippen molar-refractivity contribution in [3.05, 3.63) is 36.4 Å². The zero-order chi connectivity index (χ0) is 11.4. The first-order chi connectivity index (χ1) is 7.83. The van der Waals surface area contributed by atoms with Gasteiger partial charge in [-0.3, -0.25) is 9.36 Å². The van der Waals surface area contributed by atoms with E-state index in [9.17, 15) is 0 Å². The van der Waals surface area contributed by atoms with Crippen LogP contribution in [0.4, 0.5) is 0 Å². The molecule has 0 aliphatic carbocycles. The Kier molecular flexibility index (Phi) is 3.39. The Morgan fingerprint density at radius 3 is 2.69 bits per heavy atom. The van der Waals surface area contributed by atoms with Crippen LogP contribution < -0.4 is 0 Å². The largest absolute Gasteiger partial charge is 0.269 e. The van der Waals surface area contributed by atoms with E-state index in [0.29, 0.717) is 6.04 Å². The molecule has 0 atom stereocenters. The van der Waals surface area contributed by atoms with Gasteiger partial charge in [0.15, 0.2) is 0 Å². The molecule has 0 spiro atoms. The van der Waals surface area contributed by atoms with Gasteiger partial charge in [-0.1, -0.05) is 13.8 Å². The molecule has 0 saturated carbocycles. The minimum absolute atomic E-state index is 0.520. The SMILES string of the molecule is CCC(CC)n1ccc(Cn2cccn2)n1. The maximum absolute atomic E-state index is 4.58. The maximum atomic E-state index is 4.58. The molecule has 16 heavy (non-hydrogen) atoms. The molecule has 0 aliphatic heterocycles. The normalized spacial score (nSPS) is 11.2. The second-order valence-electron chi connectivity index (χ2n) is 3.96. The highest BCUT2D eigenvalue weighted by Gasteiger charge is 2.07. The molecule has 0 amide bonds. The van der Waals surface area contributed by atoms with Crippen LogP contribution in [-0.2, 0) is 6.54 Å². The summed E-state index contributed by atoms with van der Waals surface area (Å²) in [5.74, 6) is 0. The zero-order valence-corrected chi connectivity index (χ0v) is 9.87. The third-order valence-electron chi connectivity index (χ3n) is 2.86. The van der Waals surface area contributed by atoms with Crippen LogP contribution in [0.1, 0.15) is 38.4 Å². The van der Waals surface area contributed by atoms with Gasteiger partial charge in [-0.2, -0.15) is 10.2 Å². The van der Waals surface area contributed by atoms with E-state index in [0.717, 1.165) is 25.1 Å². The predicted octanol–water partition coefficient (Wildman–Crippen LogP) is 2.49. The van der Waals surface area contributed by atoms with E-state index in [1.54, 1.807) is 6.20 Å². The lowest BCUT2D eigenvalue weighted by atomic mass is 10.2. The number of rotatable bonds is 5. The number of aromatic nitrogens is 4. The minimum atomic E-state index is 0.520. The summed E-state index contributed by atoms with van der Waals surface area (Å²) in [6.07, 6.45) is 8.06. The Morgan fingerprint density at radius 1 is 1.25 bits per heavy atom. The quantitative estimate of drug-likeness (QED) is 0.773. The molecule has 0 bridgehead atoms. The van der Waals surface area contributed by atoms with Crippen molar-refractivity contribution in [1.29, 1.82) is 0 Å². The number of hydrogen-bond donors (Lipinski definition) is 0. The highest BCUT2D eigenvalue weighted by Crippen LogP contribution is 2.14. The van der Waals surface area contributed by atoms with Crippen LogP contribution in [0.2, 0.25) is 0 Å². The lowest BCUT2D eigenvalue weighted by molar-refractivity contribution is 0.424. The summed E-state index contributed by atoms with van der Waals surface area (Å²) >= 11 is 0. The molecule has 0 saturated heterocycles. The van der Waals surface area contributed by atoms with Gasteiger partial charge in [0.25, 0.3) is 0 Å². The van der Waals surface area contributed by atoms with Crippen LogP contribution in [0.5, 0.6) is 0 Å². The Balaban J connectivity index is 2.07. The second-order valence-corrected chi connectivity index (χ2v) is 3.96. The highest BCUT2D eigenvalue weighted by atomic mass is 15.3. The minimum Gasteiger partial charge on any atom is -0.269 e. The van der Waals surface area contributed by atoms with E-state index in [4.69, 9.17) is 0 Å². The number of nitrogens with zero attached hydrogens (tertiary/aromatic N) is 4. The second kappa shape index (κ2) is 4.96. The first kappa shape index (κ1) is 10.9. The van der Waals surface area contributed by atoms with Crippen molar-refractivity contribution in [3.63, 3.8) is 0 Å². The van der Waals surface area contributed by atoms with Crippen molar-refractivity contribution < 1.29 is 0 Å². The first-order valence-electron chi connectivity index (χ1n) is 5.85. The molecule has 2 aromatic rings. The van der Waals surface area contributed by atoms with E-state index >= 15 is 0 Å². The Morgan fingerprint density at radius 2 is 2.06 bits per heavy atom. The fourth-order valence-electron chi connectivity index (χ4n) is 1.89. The molecule has 4 heteroatoms. The van der Waals surface area contributed by atoms with Crippen LogP contribution in [0.25, 0.3) is 0 Å². The van der Waals surface area contributed by atoms with Crippen LogP contribution in [0.3, 0.4) is 0 Å². The topological polar surface area (TPSA) is 35.6 Å². The van der Waals surface area contributed by atoms with Gasteiger partial charge in [0, 0.05) is 18.6 Å². The Hall–Kier alpha value is -1.58. The smallest absolute Gasteiger partial charge is 0.0849 e. The summed E-state index contributed by atoms with van der Waals surface area (Å²) in [4.78, 5) is 0. The molecule has 0 aromatic carbocycles. The Bertz CT molecular complexity index is 412. The van der Waals surface area contributed by atoms with Gasteiger partial charge >= 0.3 is 0 Å². The summed E-state index contributed by atoms with van der Waals surface area (Å²) in [7, 11) is 0.